The summed E-state index contributed by atoms with van der Waals surface area (Å²) in [5.74, 6) is -1.49. The van der Waals surface area contributed by atoms with Gasteiger partial charge >= 0.3 is 5.97 Å². The van der Waals surface area contributed by atoms with E-state index in [2.05, 4.69) is 20.9 Å². The van der Waals surface area contributed by atoms with Crippen molar-refractivity contribution in [2.24, 2.45) is 0 Å². The van der Waals surface area contributed by atoms with Gasteiger partial charge in [-0.3, -0.25) is 14.4 Å². The lowest BCUT2D eigenvalue weighted by Crippen LogP contribution is -2.51. The molecule has 0 radical (unpaired) electrons. The van der Waals surface area contributed by atoms with Crippen molar-refractivity contribution in [3.8, 4) is 0 Å². The largest absolute Gasteiger partial charge is 0.458 e. The molecular weight excluding hydrogens is 360 g/mol. The van der Waals surface area contributed by atoms with Crippen molar-refractivity contribution in [2.75, 3.05) is 11.9 Å². The molecule has 0 aromatic carbocycles. The van der Waals surface area contributed by atoms with Crippen molar-refractivity contribution in [3.05, 3.63) is 11.1 Å². The van der Waals surface area contributed by atoms with Crippen LogP contribution >= 0.6 is 11.3 Å². The molecule has 0 aliphatic heterocycles. The van der Waals surface area contributed by atoms with Gasteiger partial charge in [0.25, 0.3) is 0 Å². The standard InChI is InChI=1S/C16H24N4O5S/c1-9(13(23)20-10(2)14(24)25-16(3,4)5)19-12(22)7-18-15-17-6-11(8-21)26-15/h6,8-10H,7H2,1-5H3,(H,17,18)(H,19,22)(H,20,23). The maximum Gasteiger partial charge on any atom is 0.328 e. The zero-order valence-electron chi connectivity index (χ0n) is 15.4. The van der Waals surface area contributed by atoms with Crippen LogP contribution in [0.2, 0.25) is 0 Å². The van der Waals surface area contributed by atoms with Gasteiger partial charge in [0.05, 0.1) is 17.6 Å². The van der Waals surface area contributed by atoms with Gasteiger partial charge in [0.1, 0.15) is 17.7 Å². The number of nitrogens with one attached hydrogen (secondary N) is 3. The minimum absolute atomic E-state index is 0.106. The fourth-order valence-corrected chi connectivity index (χ4v) is 2.35. The normalized spacial score (nSPS) is 13.3. The number of hydrogen-bond acceptors (Lipinski definition) is 8. The van der Waals surface area contributed by atoms with Gasteiger partial charge in [-0.1, -0.05) is 11.3 Å². The zero-order chi connectivity index (χ0) is 19.9. The monoisotopic (exact) mass is 384 g/mol. The van der Waals surface area contributed by atoms with Crippen LogP contribution in [-0.2, 0) is 19.1 Å². The molecule has 0 aliphatic rings. The quantitative estimate of drug-likeness (QED) is 0.445. The Morgan fingerprint density at radius 1 is 1.23 bits per heavy atom. The highest BCUT2D eigenvalue weighted by molar-refractivity contribution is 7.17. The third kappa shape index (κ3) is 7.60. The highest BCUT2D eigenvalue weighted by Crippen LogP contribution is 2.15. The van der Waals surface area contributed by atoms with Crippen LogP contribution in [0.1, 0.15) is 44.3 Å². The molecule has 0 spiro atoms. The number of aldehydes is 1. The summed E-state index contributed by atoms with van der Waals surface area (Å²) in [5.41, 5.74) is -0.652. The Morgan fingerprint density at radius 2 is 1.88 bits per heavy atom. The number of anilines is 1. The number of nitrogens with zero attached hydrogens (tertiary/aromatic N) is 1. The Bertz CT molecular complexity index is 668. The highest BCUT2D eigenvalue weighted by atomic mass is 32.1. The van der Waals surface area contributed by atoms with Gasteiger partial charge in [0, 0.05) is 0 Å². The first-order chi connectivity index (χ1) is 12.0. The second-order valence-corrected chi connectivity index (χ2v) is 7.65. The fourth-order valence-electron chi connectivity index (χ4n) is 1.72. The second-order valence-electron chi connectivity index (χ2n) is 6.59. The summed E-state index contributed by atoms with van der Waals surface area (Å²) in [5, 5.41) is 8.19. The summed E-state index contributed by atoms with van der Waals surface area (Å²) < 4.78 is 5.18. The first-order valence-electron chi connectivity index (χ1n) is 7.99. The first kappa shape index (κ1) is 21.6. The molecule has 0 fully saturated rings. The van der Waals surface area contributed by atoms with Crippen molar-refractivity contribution < 1.29 is 23.9 Å². The van der Waals surface area contributed by atoms with Crippen molar-refractivity contribution >= 4 is 40.5 Å². The average molecular weight is 384 g/mol. The number of hydrogen-bond donors (Lipinski definition) is 3. The number of carbonyl (C=O) groups excluding carboxylic acids is 4. The van der Waals surface area contributed by atoms with Crippen LogP contribution in [0.25, 0.3) is 0 Å². The van der Waals surface area contributed by atoms with Crippen molar-refractivity contribution in [1.29, 1.82) is 0 Å². The number of carbonyl (C=O) groups is 4. The summed E-state index contributed by atoms with van der Waals surface area (Å²) in [7, 11) is 0. The SMILES string of the molecule is CC(NC(=O)CNc1ncc(C=O)s1)C(=O)NC(C)C(=O)OC(C)(C)C. The smallest absolute Gasteiger partial charge is 0.328 e. The van der Waals surface area contributed by atoms with Gasteiger partial charge in [0.15, 0.2) is 11.4 Å². The molecule has 1 rings (SSSR count). The lowest BCUT2D eigenvalue weighted by Gasteiger charge is -2.23. The van der Waals surface area contributed by atoms with Gasteiger partial charge < -0.3 is 20.7 Å². The number of amides is 2. The van der Waals surface area contributed by atoms with E-state index in [0.717, 1.165) is 11.3 Å². The van der Waals surface area contributed by atoms with E-state index in [9.17, 15) is 19.2 Å². The molecule has 3 N–H and O–H groups in total. The Labute approximate surface area is 155 Å². The van der Waals surface area contributed by atoms with Crippen molar-refractivity contribution in [1.82, 2.24) is 15.6 Å². The van der Waals surface area contributed by atoms with Crippen molar-refractivity contribution in [2.45, 2.75) is 52.3 Å². The molecular formula is C16H24N4O5S. The number of esters is 1. The van der Waals surface area contributed by atoms with Gasteiger partial charge in [-0.05, 0) is 34.6 Å². The molecule has 0 saturated heterocycles. The Kier molecular flexibility index (Phi) is 7.69. The lowest BCUT2D eigenvalue weighted by molar-refractivity contribution is -0.158. The molecule has 0 bridgehead atoms. The first-order valence-corrected chi connectivity index (χ1v) is 8.81. The van der Waals surface area contributed by atoms with Gasteiger partial charge in [-0.2, -0.15) is 0 Å². The van der Waals surface area contributed by atoms with Crippen LogP contribution in [-0.4, -0.2) is 53.3 Å². The molecule has 2 atom stereocenters. The van der Waals surface area contributed by atoms with E-state index < -0.39 is 35.5 Å². The minimum Gasteiger partial charge on any atom is -0.458 e. The van der Waals surface area contributed by atoms with E-state index in [4.69, 9.17) is 4.74 Å². The molecule has 2 unspecified atom stereocenters. The van der Waals surface area contributed by atoms with Gasteiger partial charge in [0.2, 0.25) is 11.8 Å². The number of rotatable bonds is 8. The maximum absolute atomic E-state index is 12.1. The molecule has 144 valence electrons. The number of ether oxygens (including phenoxy) is 1. The fraction of sp³-hybridized carbons (Fsp3) is 0.562. The highest BCUT2D eigenvalue weighted by Gasteiger charge is 2.25. The third-order valence-electron chi connectivity index (χ3n) is 2.93. The van der Waals surface area contributed by atoms with Crippen LogP contribution in [0.5, 0.6) is 0 Å². The molecule has 1 heterocycles. The average Bonchev–Trinajstić information content (AvgIpc) is 2.99. The number of aromatic nitrogens is 1. The molecule has 2 amide bonds. The van der Waals surface area contributed by atoms with E-state index in [1.807, 2.05) is 0 Å². The van der Waals surface area contributed by atoms with Crippen LogP contribution in [0, 0.1) is 0 Å². The molecule has 1 aromatic heterocycles. The molecule has 26 heavy (non-hydrogen) atoms. The maximum atomic E-state index is 12.1. The predicted molar refractivity (Wildman–Crippen MR) is 97.0 cm³/mol. The topological polar surface area (TPSA) is 126 Å². The second kappa shape index (κ2) is 9.27. The van der Waals surface area contributed by atoms with Gasteiger partial charge in [-0.25, -0.2) is 9.78 Å². The molecule has 9 nitrogen and oxygen atoms in total. The summed E-state index contributed by atoms with van der Waals surface area (Å²) in [6, 6.07) is -1.67. The summed E-state index contributed by atoms with van der Waals surface area (Å²) in [4.78, 5) is 50.8. The molecule has 0 saturated carbocycles. The van der Waals surface area contributed by atoms with Crippen LogP contribution in [0.4, 0.5) is 5.13 Å². The van der Waals surface area contributed by atoms with E-state index in [1.165, 1.54) is 20.0 Å². The van der Waals surface area contributed by atoms with Crippen molar-refractivity contribution in [3.63, 3.8) is 0 Å². The van der Waals surface area contributed by atoms with Crippen LogP contribution < -0.4 is 16.0 Å². The molecule has 1 aromatic rings. The Hall–Kier alpha value is -2.49. The van der Waals surface area contributed by atoms with E-state index in [1.54, 1.807) is 20.8 Å². The van der Waals surface area contributed by atoms with E-state index in [0.29, 0.717) is 16.3 Å². The summed E-state index contributed by atoms with van der Waals surface area (Å²) in [6.45, 7) is 8.10. The number of thiazole rings is 1. The molecule has 10 heteroatoms. The summed E-state index contributed by atoms with van der Waals surface area (Å²) >= 11 is 1.12. The third-order valence-corrected chi connectivity index (χ3v) is 3.81. The van der Waals surface area contributed by atoms with E-state index in [-0.39, 0.29) is 6.54 Å². The minimum atomic E-state index is -0.837. The zero-order valence-corrected chi connectivity index (χ0v) is 16.2. The van der Waals surface area contributed by atoms with Crippen LogP contribution in [0.15, 0.2) is 6.20 Å². The van der Waals surface area contributed by atoms with Gasteiger partial charge in [-0.15, -0.1) is 0 Å². The Morgan fingerprint density at radius 3 is 2.42 bits per heavy atom. The Balaban J connectivity index is 2.41. The predicted octanol–water partition coefficient (Wildman–Crippen LogP) is 0.719. The lowest BCUT2D eigenvalue weighted by atomic mass is 10.2. The molecule has 0 aliphatic carbocycles. The van der Waals surface area contributed by atoms with Crippen LogP contribution in [0.3, 0.4) is 0 Å². The van der Waals surface area contributed by atoms with E-state index >= 15 is 0 Å². The summed E-state index contributed by atoms with van der Waals surface area (Å²) in [6.07, 6.45) is 2.06.